The molecule has 1 aromatic rings. The smallest absolute Gasteiger partial charge is 0.126 e. The van der Waals surface area contributed by atoms with E-state index in [2.05, 4.69) is 28.7 Å². The maximum absolute atomic E-state index is 6.06. The largest absolute Gasteiger partial charge is 0.384 e. The zero-order valence-corrected chi connectivity index (χ0v) is 14.3. The number of hydrogen-bond acceptors (Lipinski definition) is 4. The molecule has 118 valence electrons. The summed E-state index contributed by atoms with van der Waals surface area (Å²) < 4.78 is 1.80. The molecule has 0 radical (unpaired) electrons. The summed E-state index contributed by atoms with van der Waals surface area (Å²) in [4.78, 5) is 4.95. The van der Waals surface area contributed by atoms with E-state index in [1.54, 1.807) is 4.68 Å². The second kappa shape index (κ2) is 8.72. The lowest BCUT2D eigenvalue weighted by Gasteiger charge is -2.29. The molecule has 0 atom stereocenters. The Morgan fingerprint density at radius 3 is 2.50 bits per heavy atom. The molecule has 7 heteroatoms. The van der Waals surface area contributed by atoms with Gasteiger partial charge in [-0.1, -0.05) is 13.8 Å². The molecular formula is C13H27Cl2N5. The van der Waals surface area contributed by atoms with Crippen molar-refractivity contribution in [3.63, 3.8) is 0 Å². The Balaban J connectivity index is 0.00000180. The molecule has 0 aromatic carbocycles. The number of nitrogens with two attached hydrogens (primary N) is 1. The molecule has 0 fully saturated rings. The third kappa shape index (κ3) is 4.25. The lowest BCUT2D eigenvalue weighted by Crippen LogP contribution is -2.37. The normalized spacial score (nSPS) is 14.6. The molecule has 20 heavy (non-hydrogen) atoms. The van der Waals surface area contributed by atoms with Crippen molar-refractivity contribution in [1.82, 2.24) is 19.6 Å². The van der Waals surface area contributed by atoms with Gasteiger partial charge >= 0.3 is 0 Å². The summed E-state index contributed by atoms with van der Waals surface area (Å²) in [5.74, 6) is 0.831. The van der Waals surface area contributed by atoms with Gasteiger partial charge in [-0.15, -0.1) is 24.8 Å². The summed E-state index contributed by atoms with van der Waals surface area (Å²) >= 11 is 0. The first-order valence-corrected chi connectivity index (χ1v) is 6.90. The van der Waals surface area contributed by atoms with Crippen molar-refractivity contribution in [3.8, 4) is 0 Å². The van der Waals surface area contributed by atoms with Crippen LogP contribution in [-0.4, -0.2) is 52.3 Å². The topological polar surface area (TPSA) is 50.3 Å². The number of anilines is 1. The minimum Gasteiger partial charge on any atom is -0.384 e. The van der Waals surface area contributed by atoms with Crippen LogP contribution < -0.4 is 5.73 Å². The molecule has 0 bridgehead atoms. The summed E-state index contributed by atoms with van der Waals surface area (Å²) in [6.07, 6.45) is 1.03. The predicted octanol–water partition coefficient (Wildman–Crippen LogP) is 1.55. The van der Waals surface area contributed by atoms with E-state index >= 15 is 0 Å². The molecule has 0 amide bonds. The highest BCUT2D eigenvalue weighted by atomic mass is 35.5. The highest BCUT2D eigenvalue weighted by molar-refractivity contribution is 5.85. The quantitative estimate of drug-likeness (QED) is 0.893. The van der Waals surface area contributed by atoms with Gasteiger partial charge in [-0.05, 0) is 13.1 Å². The summed E-state index contributed by atoms with van der Waals surface area (Å²) in [6.45, 7) is 11.0. The van der Waals surface area contributed by atoms with Crippen LogP contribution in [0.1, 0.15) is 25.1 Å². The van der Waals surface area contributed by atoms with E-state index in [0.29, 0.717) is 0 Å². The van der Waals surface area contributed by atoms with Crippen molar-refractivity contribution in [2.75, 3.05) is 38.5 Å². The third-order valence-corrected chi connectivity index (χ3v) is 3.95. The molecule has 0 saturated carbocycles. The molecule has 0 unspecified atom stereocenters. The Labute approximate surface area is 134 Å². The zero-order chi connectivity index (χ0) is 13.1. The third-order valence-electron chi connectivity index (χ3n) is 3.95. The van der Waals surface area contributed by atoms with Gasteiger partial charge in [0.15, 0.2) is 0 Å². The van der Waals surface area contributed by atoms with Crippen LogP contribution in [0.2, 0.25) is 0 Å². The van der Waals surface area contributed by atoms with Crippen molar-refractivity contribution in [1.29, 1.82) is 0 Å². The van der Waals surface area contributed by atoms with Crippen molar-refractivity contribution in [3.05, 3.63) is 11.3 Å². The van der Waals surface area contributed by atoms with E-state index in [1.807, 2.05) is 7.05 Å². The van der Waals surface area contributed by atoms with Crippen LogP contribution in [0.25, 0.3) is 0 Å². The first kappa shape index (κ1) is 19.5. The monoisotopic (exact) mass is 323 g/mol. The van der Waals surface area contributed by atoms with E-state index in [4.69, 9.17) is 5.73 Å². The van der Waals surface area contributed by atoms with Crippen LogP contribution in [0.5, 0.6) is 0 Å². The van der Waals surface area contributed by atoms with Crippen LogP contribution in [-0.2, 0) is 20.0 Å². The Morgan fingerprint density at radius 1 is 1.25 bits per heavy atom. The Bertz CT molecular complexity index is 404. The van der Waals surface area contributed by atoms with Crippen molar-refractivity contribution in [2.45, 2.75) is 26.8 Å². The number of halogens is 2. The van der Waals surface area contributed by atoms with Crippen molar-refractivity contribution < 1.29 is 0 Å². The lowest BCUT2D eigenvalue weighted by atomic mass is 10.1. The van der Waals surface area contributed by atoms with Crippen molar-refractivity contribution in [2.24, 2.45) is 7.05 Å². The molecule has 2 rings (SSSR count). The average molecular weight is 324 g/mol. The van der Waals surface area contributed by atoms with Crippen LogP contribution >= 0.6 is 24.8 Å². The molecule has 0 spiro atoms. The highest BCUT2D eigenvalue weighted by Crippen LogP contribution is 2.22. The van der Waals surface area contributed by atoms with Gasteiger partial charge in [0, 0.05) is 45.2 Å². The fourth-order valence-electron chi connectivity index (χ4n) is 2.59. The van der Waals surface area contributed by atoms with Gasteiger partial charge in [-0.2, -0.15) is 5.10 Å². The molecule has 1 aliphatic heterocycles. The first-order chi connectivity index (χ1) is 8.65. The van der Waals surface area contributed by atoms with Gasteiger partial charge < -0.3 is 10.6 Å². The summed E-state index contributed by atoms with van der Waals surface area (Å²) in [6, 6.07) is 0. The second-order valence-corrected chi connectivity index (χ2v) is 4.99. The fraction of sp³-hybridized carbons (Fsp3) is 0.769. The number of likely N-dealkylation sites (N-methyl/N-ethyl adjacent to an activating group) is 1. The predicted molar refractivity (Wildman–Crippen MR) is 88.9 cm³/mol. The summed E-state index contributed by atoms with van der Waals surface area (Å²) in [5, 5.41) is 4.47. The molecule has 1 aliphatic rings. The van der Waals surface area contributed by atoms with E-state index in [1.165, 1.54) is 11.3 Å². The Morgan fingerprint density at radius 2 is 1.90 bits per heavy atom. The van der Waals surface area contributed by atoms with Gasteiger partial charge in [-0.25, -0.2) is 0 Å². The van der Waals surface area contributed by atoms with Crippen LogP contribution in [0.3, 0.4) is 0 Å². The number of aryl methyl sites for hydroxylation is 1. The van der Waals surface area contributed by atoms with Crippen molar-refractivity contribution >= 4 is 30.6 Å². The molecular weight excluding hydrogens is 297 g/mol. The van der Waals surface area contributed by atoms with Gasteiger partial charge in [0.05, 0.1) is 5.69 Å². The van der Waals surface area contributed by atoms with Gasteiger partial charge in [0.2, 0.25) is 0 Å². The molecule has 1 aromatic heterocycles. The number of fused-ring (bicyclic) bond motifs is 1. The highest BCUT2D eigenvalue weighted by Gasteiger charge is 2.22. The average Bonchev–Trinajstić information content (AvgIpc) is 2.67. The zero-order valence-electron chi connectivity index (χ0n) is 12.6. The second-order valence-electron chi connectivity index (χ2n) is 4.99. The molecule has 5 nitrogen and oxygen atoms in total. The number of rotatable bonds is 5. The maximum atomic E-state index is 6.06. The minimum atomic E-state index is 0. The standard InChI is InChI=1S/C13H25N5.2ClH/c1-4-17(5-2)8-9-18-7-6-12-11(10-18)13(14)16(3)15-12;;/h4-10,14H2,1-3H3;2*1H. The van der Waals surface area contributed by atoms with Gasteiger partial charge in [0.25, 0.3) is 0 Å². The van der Waals surface area contributed by atoms with Crippen LogP contribution in [0.4, 0.5) is 5.82 Å². The number of nitrogens with zero attached hydrogens (tertiary/aromatic N) is 4. The van der Waals surface area contributed by atoms with E-state index < -0.39 is 0 Å². The number of nitrogen functional groups attached to an aromatic ring is 1. The van der Waals surface area contributed by atoms with Crippen LogP contribution in [0, 0.1) is 0 Å². The van der Waals surface area contributed by atoms with Crippen LogP contribution in [0.15, 0.2) is 0 Å². The summed E-state index contributed by atoms with van der Waals surface area (Å²) in [5.41, 5.74) is 8.49. The number of hydrogen-bond donors (Lipinski definition) is 1. The minimum absolute atomic E-state index is 0. The first-order valence-electron chi connectivity index (χ1n) is 6.90. The van der Waals surface area contributed by atoms with Gasteiger partial charge in [-0.3, -0.25) is 9.58 Å². The maximum Gasteiger partial charge on any atom is 0.126 e. The number of aromatic nitrogens is 2. The van der Waals surface area contributed by atoms with E-state index in [-0.39, 0.29) is 24.8 Å². The summed E-state index contributed by atoms with van der Waals surface area (Å²) in [7, 11) is 1.92. The Kier molecular flexibility index (Phi) is 8.51. The van der Waals surface area contributed by atoms with Gasteiger partial charge in [0.1, 0.15) is 5.82 Å². The van der Waals surface area contributed by atoms with E-state index in [0.717, 1.165) is 51.5 Å². The SMILES string of the molecule is CCN(CC)CCN1CCc2nn(C)c(N)c2C1.Cl.Cl. The fourth-order valence-corrected chi connectivity index (χ4v) is 2.59. The molecule has 0 saturated heterocycles. The molecule has 2 heterocycles. The Hall–Kier alpha value is -0.490. The van der Waals surface area contributed by atoms with E-state index in [9.17, 15) is 0 Å². The lowest BCUT2D eigenvalue weighted by molar-refractivity contribution is 0.202. The molecule has 0 aliphatic carbocycles. The molecule has 2 N–H and O–H groups in total.